The molecule has 0 spiro atoms. The fourth-order valence-electron chi connectivity index (χ4n) is 5.23. The first-order valence-corrected chi connectivity index (χ1v) is 13.7. The minimum absolute atomic E-state index is 0.238. The molecule has 0 radical (unpaired) electrons. The van der Waals surface area contributed by atoms with Crippen LogP contribution in [0.15, 0.2) is 73.0 Å². The standard InChI is InChI=1S/C26H27N5O.C6H10/c1-29-11-13-30(14-12-29)18-24-26(19-6-4-7-22(32)15-19)28-25-10-9-21(17-31(24)25)23-8-3-2-5-20(23)16-27;1-2-6-4-3-5-6/h3-4,6-10,15,17,32H,2,5,11-14,18H2,1H3;2,6H,1,3-5H2. The quantitative estimate of drug-likeness (QED) is 0.426. The maximum absolute atomic E-state index is 10.1. The topological polar surface area (TPSA) is 67.8 Å². The molecule has 1 aromatic carbocycles. The molecule has 0 bridgehead atoms. The first-order valence-electron chi connectivity index (χ1n) is 13.7. The van der Waals surface area contributed by atoms with E-state index in [1.807, 2.05) is 18.2 Å². The summed E-state index contributed by atoms with van der Waals surface area (Å²) in [6, 6.07) is 13.8. The average Bonchev–Trinajstić information content (AvgIpc) is 3.27. The molecule has 3 aliphatic rings. The molecule has 1 saturated heterocycles. The van der Waals surface area contributed by atoms with Gasteiger partial charge >= 0.3 is 0 Å². The number of rotatable bonds is 5. The molecule has 0 unspecified atom stereocenters. The first kappa shape index (κ1) is 26.0. The summed E-state index contributed by atoms with van der Waals surface area (Å²) in [5, 5.41) is 19.7. The summed E-state index contributed by atoms with van der Waals surface area (Å²) in [6.07, 6.45) is 14.3. The highest BCUT2D eigenvalue weighted by molar-refractivity contribution is 5.80. The number of benzene rings is 1. The van der Waals surface area contributed by atoms with Crippen molar-refractivity contribution in [2.24, 2.45) is 5.92 Å². The monoisotopic (exact) mass is 507 g/mol. The van der Waals surface area contributed by atoms with E-state index in [1.54, 1.807) is 12.1 Å². The van der Waals surface area contributed by atoms with Crippen LogP contribution in [0.5, 0.6) is 5.75 Å². The number of nitriles is 1. The van der Waals surface area contributed by atoms with E-state index >= 15 is 0 Å². The van der Waals surface area contributed by atoms with Crippen LogP contribution in [-0.4, -0.2) is 57.5 Å². The van der Waals surface area contributed by atoms with Crippen molar-refractivity contribution in [3.63, 3.8) is 0 Å². The Labute approximate surface area is 225 Å². The molecule has 2 aliphatic carbocycles. The van der Waals surface area contributed by atoms with Gasteiger partial charge in [0.1, 0.15) is 11.4 Å². The highest BCUT2D eigenvalue weighted by Crippen LogP contribution is 2.32. The van der Waals surface area contributed by atoms with Gasteiger partial charge in [0.2, 0.25) is 0 Å². The molecule has 38 heavy (non-hydrogen) atoms. The number of aromatic nitrogens is 2. The molecule has 2 fully saturated rings. The number of hydrogen-bond donors (Lipinski definition) is 1. The Morgan fingerprint density at radius 1 is 1.13 bits per heavy atom. The summed E-state index contributed by atoms with van der Waals surface area (Å²) < 4.78 is 2.16. The van der Waals surface area contributed by atoms with E-state index in [4.69, 9.17) is 4.98 Å². The van der Waals surface area contributed by atoms with E-state index in [1.165, 1.54) is 19.3 Å². The Bertz CT molecular complexity index is 1400. The summed E-state index contributed by atoms with van der Waals surface area (Å²) in [5.41, 5.74) is 6.65. The van der Waals surface area contributed by atoms with Gasteiger partial charge in [-0.15, -0.1) is 6.58 Å². The largest absolute Gasteiger partial charge is 0.508 e. The summed E-state index contributed by atoms with van der Waals surface area (Å²) in [5.74, 6) is 1.12. The number of fused-ring (bicyclic) bond motifs is 1. The highest BCUT2D eigenvalue weighted by atomic mass is 16.3. The number of allylic oxidation sites excluding steroid dienone is 5. The Morgan fingerprint density at radius 3 is 2.61 bits per heavy atom. The maximum atomic E-state index is 10.1. The van der Waals surface area contributed by atoms with E-state index in [0.717, 1.165) is 90.8 Å². The smallest absolute Gasteiger partial charge is 0.137 e. The van der Waals surface area contributed by atoms with Crippen molar-refractivity contribution < 1.29 is 5.11 Å². The van der Waals surface area contributed by atoms with Crippen LogP contribution in [-0.2, 0) is 6.54 Å². The van der Waals surface area contributed by atoms with E-state index in [-0.39, 0.29) is 5.75 Å². The average molecular weight is 508 g/mol. The van der Waals surface area contributed by atoms with Crippen molar-refractivity contribution in [2.75, 3.05) is 33.2 Å². The molecule has 6 rings (SSSR count). The second-order valence-corrected chi connectivity index (χ2v) is 10.6. The molecule has 1 N–H and O–H groups in total. The third kappa shape index (κ3) is 5.75. The molecule has 0 atom stereocenters. The van der Waals surface area contributed by atoms with Gasteiger partial charge in [-0.2, -0.15) is 5.26 Å². The van der Waals surface area contributed by atoms with Gasteiger partial charge in [-0.05, 0) is 74.1 Å². The summed E-state index contributed by atoms with van der Waals surface area (Å²) in [7, 11) is 2.16. The molecule has 6 heteroatoms. The van der Waals surface area contributed by atoms with Crippen molar-refractivity contribution in [3.05, 3.63) is 84.2 Å². The van der Waals surface area contributed by atoms with E-state index in [2.05, 4.69) is 64.4 Å². The second-order valence-electron chi connectivity index (χ2n) is 10.6. The number of hydrogen-bond acceptors (Lipinski definition) is 5. The number of nitrogens with zero attached hydrogens (tertiary/aromatic N) is 5. The zero-order chi connectivity index (χ0) is 26.5. The Hall–Kier alpha value is -3.66. The summed E-state index contributed by atoms with van der Waals surface area (Å²) in [6.45, 7) is 8.58. The minimum Gasteiger partial charge on any atom is -0.508 e. The fourth-order valence-corrected chi connectivity index (χ4v) is 5.23. The predicted molar refractivity (Wildman–Crippen MR) is 154 cm³/mol. The third-order valence-corrected chi connectivity index (χ3v) is 7.91. The molecule has 3 heterocycles. The third-order valence-electron chi connectivity index (χ3n) is 7.91. The van der Waals surface area contributed by atoms with Gasteiger partial charge in [0.25, 0.3) is 0 Å². The van der Waals surface area contributed by atoms with Crippen molar-refractivity contribution in [2.45, 2.75) is 38.6 Å². The van der Waals surface area contributed by atoms with Crippen LogP contribution >= 0.6 is 0 Å². The number of imidazole rings is 1. The van der Waals surface area contributed by atoms with Crippen LogP contribution in [0.1, 0.15) is 43.4 Å². The van der Waals surface area contributed by atoms with Crippen LogP contribution in [0.25, 0.3) is 22.5 Å². The van der Waals surface area contributed by atoms with Crippen molar-refractivity contribution >= 4 is 11.2 Å². The second kappa shape index (κ2) is 11.8. The Kier molecular flexibility index (Phi) is 8.07. The van der Waals surface area contributed by atoms with Gasteiger partial charge < -0.3 is 14.4 Å². The lowest BCUT2D eigenvalue weighted by Gasteiger charge is -2.32. The van der Waals surface area contributed by atoms with Crippen molar-refractivity contribution in [3.8, 4) is 23.1 Å². The number of piperazine rings is 1. The van der Waals surface area contributed by atoms with Gasteiger partial charge in [-0.3, -0.25) is 4.90 Å². The molecule has 1 aliphatic heterocycles. The zero-order valence-electron chi connectivity index (χ0n) is 22.3. The van der Waals surface area contributed by atoms with E-state index in [9.17, 15) is 10.4 Å². The molecule has 0 amide bonds. The predicted octanol–water partition coefficient (Wildman–Crippen LogP) is 6.05. The molecule has 196 valence electrons. The highest BCUT2D eigenvalue weighted by Gasteiger charge is 2.21. The summed E-state index contributed by atoms with van der Waals surface area (Å²) >= 11 is 0. The lowest BCUT2D eigenvalue weighted by atomic mass is 9.86. The SMILES string of the molecule is C=CC1CCC1.CN1CCN(Cc2c(-c3cccc(O)c3)nc3ccc(C4=C(C#N)CCC=C4)cn23)CC1. The van der Waals surface area contributed by atoms with Crippen LogP contribution in [0.4, 0.5) is 0 Å². The Morgan fingerprint density at radius 2 is 1.95 bits per heavy atom. The van der Waals surface area contributed by atoms with Gasteiger partial charge in [0, 0.05) is 50.1 Å². The fraction of sp³-hybridized carbons (Fsp3) is 0.375. The van der Waals surface area contributed by atoms with Crippen molar-refractivity contribution in [1.29, 1.82) is 5.26 Å². The van der Waals surface area contributed by atoms with Gasteiger partial charge in [-0.25, -0.2) is 4.98 Å². The van der Waals surface area contributed by atoms with Gasteiger partial charge in [0.15, 0.2) is 0 Å². The molecular formula is C32H37N5O. The van der Waals surface area contributed by atoms with E-state index < -0.39 is 0 Å². The molecular weight excluding hydrogens is 470 g/mol. The number of phenolic OH excluding ortho intramolecular Hbond substituents is 1. The van der Waals surface area contributed by atoms with E-state index in [0.29, 0.717) is 0 Å². The lowest BCUT2D eigenvalue weighted by molar-refractivity contribution is 0.147. The molecule has 2 aromatic heterocycles. The van der Waals surface area contributed by atoms with Crippen LogP contribution in [0.2, 0.25) is 0 Å². The number of aromatic hydroxyl groups is 1. The first-order chi connectivity index (χ1) is 18.6. The number of phenols is 1. The number of pyridine rings is 1. The normalized spacial score (nSPS) is 18.5. The number of likely N-dealkylation sites (N-methyl/N-ethyl adjacent to an activating group) is 1. The lowest BCUT2D eigenvalue weighted by Crippen LogP contribution is -2.44. The molecule has 3 aromatic rings. The van der Waals surface area contributed by atoms with Crippen LogP contribution in [0.3, 0.4) is 0 Å². The minimum atomic E-state index is 0.238. The zero-order valence-corrected chi connectivity index (χ0v) is 22.3. The molecule has 6 nitrogen and oxygen atoms in total. The van der Waals surface area contributed by atoms with Gasteiger partial charge in [0.05, 0.1) is 17.5 Å². The van der Waals surface area contributed by atoms with Gasteiger partial charge in [-0.1, -0.05) is 36.8 Å². The van der Waals surface area contributed by atoms with Crippen molar-refractivity contribution in [1.82, 2.24) is 19.2 Å². The molecule has 1 saturated carbocycles. The summed E-state index contributed by atoms with van der Waals surface area (Å²) in [4.78, 5) is 9.76. The van der Waals surface area contributed by atoms with Crippen LogP contribution < -0.4 is 0 Å². The maximum Gasteiger partial charge on any atom is 0.137 e. The Balaban J connectivity index is 0.000000433. The van der Waals surface area contributed by atoms with Crippen LogP contribution in [0, 0.1) is 17.2 Å².